The Morgan fingerprint density at radius 3 is 1.29 bits per heavy atom. The first-order valence-corrected chi connectivity index (χ1v) is 26.0. The van der Waals surface area contributed by atoms with Crippen LogP contribution in [0.25, 0.3) is 0 Å². The Kier molecular flexibility index (Phi) is 56.5. The standard InChI is InChI=1S/C16H26O6.C16H20O6.C12H20O6.C11H21NO2.6CH4/c2*1-4-16(2,3)15(20)22-10-9-21-14(19)12-8-6-5-7-11(12)13(17)18;1-4-12(2,3)11(16)18-8-7-17-10(15)6-5-9(13)14;1-10(13)8-6-4-3-5-7-9-12-11(2)14;;;;;;/h11-12H,4-10H2,1-3H3,(H,17,18);5-8H,4,9-10H2,1-3H3,(H,17,18);4-8H2,1-3H3,(H,13,14);3-9H2,1-2H3,(H,12,14);6*1H4. The van der Waals surface area contributed by atoms with Crippen LogP contribution in [0.2, 0.25) is 0 Å². The summed E-state index contributed by atoms with van der Waals surface area (Å²) in [4.78, 5) is 123. The minimum atomic E-state index is -1.20. The zero-order chi connectivity index (χ0) is 58.5. The van der Waals surface area contributed by atoms with Crippen LogP contribution in [-0.2, 0) is 71.6 Å². The zero-order valence-electron chi connectivity index (χ0n) is 46.8. The number of carbonyl (C=O) groups excluding carboxylic acids is 8. The van der Waals surface area contributed by atoms with Gasteiger partial charge in [-0.25, -0.2) is 9.59 Å². The Labute approximate surface area is 492 Å². The molecular formula is C61H111NO20. The zero-order valence-corrected chi connectivity index (χ0v) is 46.8. The Bertz CT molecular complexity index is 1990. The van der Waals surface area contributed by atoms with Crippen LogP contribution >= 0.6 is 0 Å². The number of aliphatic carboxylic acids is 2. The van der Waals surface area contributed by atoms with E-state index in [9.17, 15) is 52.7 Å². The van der Waals surface area contributed by atoms with E-state index in [-0.39, 0.29) is 138 Å². The summed E-state index contributed by atoms with van der Waals surface area (Å²) in [6.07, 6.45) is 10.4. The molecule has 0 radical (unpaired) electrons. The molecule has 1 saturated carbocycles. The smallest absolute Gasteiger partial charge is 0.339 e. The number of rotatable bonds is 30. The van der Waals surface area contributed by atoms with E-state index in [1.54, 1.807) is 54.5 Å². The maximum atomic E-state index is 12.0. The van der Waals surface area contributed by atoms with Crippen molar-refractivity contribution in [3.63, 3.8) is 0 Å². The average molecular weight is 1180 g/mol. The number of carbonyl (C=O) groups is 11. The Morgan fingerprint density at radius 1 is 0.500 bits per heavy atom. The maximum Gasteiger partial charge on any atom is 0.339 e. The number of hydrogen-bond donors (Lipinski definition) is 4. The molecule has 1 aromatic carbocycles. The first-order chi connectivity index (χ1) is 35.5. The van der Waals surface area contributed by atoms with Crippen LogP contribution in [-0.4, -0.2) is 127 Å². The second-order valence-corrected chi connectivity index (χ2v) is 19.9. The van der Waals surface area contributed by atoms with Crippen molar-refractivity contribution in [2.45, 2.75) is 217 Å². The number of esters is 6. The van der Waals surface area contributed by atoms with Crippen LogP contribution in [0.15, 0.2) is 24.3 Å². The van der Waals surface area contributed by atoms with Crippen LogP contribution in [0.3, 0.4) is 0 Å². The van der Waals surface area contributed by atoms with Crippen molar-refractivity contribution in [2.75, 3.05) is 46.2 Å². The fraction of sp³-hybridized carbons (Fsp3) is 0.721. The summed E-state index contributed by atoms with van der Waals surface area (Å²) >= 11 is 0. The summed E-state index contributed by atoms with van der Waals surface area (Å²) < 4.78 is 29.8. The molecule has 0 aliphatic heterocycles. The normalized spacial score (nSPS) is 12.9. The van der Waals surface area contributed by atoms with Crippen LogP contribution in [0.4, 0.5) is 0 Å². The van der Waals surface area contributed by atoms with E-state index < -0.39 is 63.9 Å². The first kappa shape index (κ1) is 92.1. The topological polar surface area (TPSA) is 316 Å². The lowest BCUT2D eigenvalue weighted by atomic mass is 9.79. The first-order valence-electron chi connectivity index (χ1n) is 26.0. The number of benzene rings is 1. The number of carboxylic acid groups (broad SMARTS) is 3. The van der Waals surface area contributed by atoms with Crippen LogP contribution in [0, 0.1) is 28.1 Å². The summed E-state index contributed by atoms with van der Waals surface area (Å²) in [5.41, 5.74) is -1.85. The van der Waals surface area contributed by atoms with Gasteiger partial charge in [-0.3, -0.25) is 38.4 Å². The minimum Gasteiger partial charge on any atom is -0.481 e. The molecule has 21 nitrogen and oxygen atoms in total. The van der Waals surface area contributed by atoms with Crippen molar-refractivity contribution in [3.05, 3.63) is 35.4 Å². The van der Waals surface area contributed by atoms with Gasteiger partial charge in [0.2, 0.25) is 5.91 Å². The molecule has 4 N–H and O–H groups in total. The fourth-order valence-electron chi connectivity index (χ4n) is 6.17. The van der Waals surface area contributed by atoms with Gasteiger partial charge in [0, 0.05) is 19.9 Å². The van der Waals surface area contributed by atoms with Gasteiger partial charge in [0.15, 0.2) is 0 Å². The molecule has 2 unspecified atom stereocenters. The number of ether oxygens (including phenoxy) is 6. The number of unbranched alkanes of at least 4 members (excludes halogenated alkanes) is 4. The average Bonchev–Trinajstić information content (AvgIpc) is 3.37. The lowest BCUT2D eigenvalue weighted by Crippen LogP contribution is -2.34. The second kappa shape index (κ2) is 50.3. The molecule has 1 aliphatic carbocycles. The molecule has 1 amide bonds. The molecule has 21 heteroatoms. The van der Waals surface area contributed by atoms with E-state index in [0.717, 1.165) is 51.5 Å². The van der Waals surface area contributed by atoms with E-state index in [0.29, 0.717) is 38.5 Å². The van der Waals surface area contributed by atoms with Crippen LogP contribution in [0.5, 0.6) is 0 Å². The van der Waals surface area contributed by atoms with E-state index >= 15 is 0 Å². The van der Waals surface area contributed by atoms with Crippen molar-refractivity contribution in [1.29, 1.82) is 0 Å². The molecule has 0 bridgehead atoms. The van der Waals surface area contributed by atoms with Gasteiger partial charge in [0.25, 0.3) is 0 Å². The van der Waals surface area contributed by atoms with Crippen molar-refractivity contribution in [2.24, 2.45) is 28.1 Å². The van der Waals surface area contributed by atoms with Gasteiger partial charge >= 0.3 is 53.7 Å². The predicted octanol–water partition coefficient (Wildman–Crippen LogP) is 12.2. The molecule has 1 fully saturated rings. The number of nitrogens with one attached hydrogen (secondary N) is 1. The molecule has 2 atom stereocenters. The monoisotopic (exact) mass is 1180 g/mol. The third-order valence-electron chi connectivity index (χ3n) is 12.4. The molecule has 0 spiro atoms. The lowest BCUT2D eigenvalue weighted by molar-refractivity contribution is -0.164. The summed E-state index contributed by atoms with van der Waals surface area (Å²) in [5.74, 6) is -7.04. The molecule has 2 rings (SSSR count). The highest BCUT2D eigenvalue weighted by Gasteiger charge is 2.37. The number of Topliss-reactive ketones (excluding diaryl/α,β-unsaturated/α-hetero) is 1. The number of aromatic carboxylic acids is 1. The summed E-state index contributed by atoms with van der Waals surface area (Å²) in [6, 6.07) is 5.77. The molecule has 1 aliphatic rings. The molecule has 82 heavy (non-hydrogen) atoms. The summed E-state index contributed by atoms with van der Waals surface area (Å²) in [6.45, 7) is 20.0. The molecule has 0 aromatic heterocycles. The van der Waals surface area contributed by atoms with Gasteiger partial charge in [-0.2, -0.15) is 0 Å². The summed E-state index contributed by atoms with van der Waals surface area (Å²) in [7, 11) is 0. The predicted molar refractivity (Wildman–Crippen MR) is 318 cm³/mol. The van der Waals surface area contributed by atoms with E-state index in [2.05, 4.69) is 5.32 Å². The molecule has 0 heterocycles. The highest BCUT2D eigenvalue weighted by atomic mass is 16.6. The van der Waals surface area contributed by atoms with E-state index in [4.69, 9.17) is 43.7 Å². The minimum absolute atomic E-state index is 0. The Morgan fingerprint density at radius 2 is 0.890 bits per heavy atom. The SMILES string of the molecule is C.C.C.C.C.C.CC(=O)CCCCCCCNC(C)=O.CCC(C)(C)C(=O)OCCOC(=O)C1CCCCC1C(=O)O.CCC(C)(C)C(=O)OCCOC(=O)CCC(=O)O.CCC(C)(C)C(=O)OCCOC(=O)c1ccccc1C(=O)O. The molecule has 0 saturated heterocycles. The maximum absolute atomic E-state index is 12.0. The van der Waals surface area contributed by atoms with Gasteiger partial charge in [0.1, 0.15) is 45.4 Å². The molecule has 1 aromatic rings. The number of ketones is 1. The molecule has 480 valence electrons. The van der Waals surface area contributed by atoms with Crippen molar-refractivity contribution < 1.29 is 96.5 Å². The number of carboxylic acids is 3. The van der Waals surface area contributed by atoms with Gasteiger partial charge in [-0.1, -0.05) is 110 Å². The Hall–Kier alpha value is -6.41. The summed E-state index contributed by atoms with van der Waals surface area (Å²) in [5, 5.41) is 29.2. The van der Waals surface area contributed by atoms with E-state index in [1.165, 1.54) is 25.1 Å². The van der Waals surface area contributed by atoms with Crippen molar-refractivity contribution in [1.82, 2.24) is 5.32 Å². The Balaban J connectivity index is -0.000000147. The van der Waals surface area contributed by atoms with Gasteiger partial charge in [-0.05, 0) is 106 Å². The van der Waals surface area contributed by atoms with Crippen molar-refractivity contribution in [3.8, 4) is 0 Å². The van der Waals surface area contributed by atoms with Crippen LogP contribution in [0.1, 0.15) is 238 Å². The lowest BCUT2D eigenvalue weighted by Gasteiger charge is -2.26. The third-order valence-corrected chi connectivity index (χ3v) is 12.4. The quantitative estimate of drug-likeness (QED) is 0.0316. The van der Waals surface area contributed by atoms with Gasteiger partial charge in [-0.15, -0.1) is 0 Å². The number of amides is 1. The highest BCUT2D eigenvalue weighted by Crippen LogP contribution is 2.31. The van der Waals surface area contributed by atoms with E-state index in [1.807, 2.05) is 20.8 Å². The number of hydrogen-bond acceptors (Lipinski definition) is 17. The highest BCUT2D eigenvalue weighted by molar-refractivity contribution is 6.02. The third kappa shape index (κ3) is 42.4. The van der Waals surface area contributed by atoms with Crippen molar-refractivity contribution >= 4 is 65.4 Å². The van der Waals surface area contributed by atoms with Gasteiger partial charge < -0.3 is 53.9 Å². The molecular weight excluding hydrogens is 1070 g/mol. The largest absolute Gasteiger partial charge is 0.481 e. The van der Waals surface area contributed by atoms with Crippen LogP contribution < -0.4 is 5.32 Å². The van der Waals surface area contributed by atoms with Gasteiger partial charge in [0.05, 0.1) is 52.0 Å². The second-order valence-electron chi connectivity index (χ2n) is 19.9. The fourth-order valence-corrected chi connectivity index (χ4v) is 6.17.